The first-order chi connectivity index (χ1) is 17.3. The van der Waals surface area contributed by atoms with Gasteiger partial charge in [-0.1, -0.05) is 66.7 Å². The summed E-state index contributed by atoms with van der Waals surface area (Å²) in [5.41, 5.74) is 5.51. The molecule has 0 saturated carbocycles. The van der Waals surface area contributed by atoms with Gasteiger partial charge in [0.15, 0.2) is 0 Å². The largest absolute Gasteiger partial charge is 0.471 e. The van der Waals surface area contributed by atoms with E-state index in [1.807, 2.05) is 66.9 Å². The van der Waals surface area contributed by atoms with Crippen LogP contribution in [0.5, 0.6) is 11.5 Å². The maximum atomic E-state index is 6.26. The topological polar surface area (TPSA) is 43.7 Å². The summed E-state index contributed by atoms with van der Waals surface area (Å²) in [7, 11) is 0. The van der Waals surface area contributed by atoms with Crippen molar-refractivity contribution in [2.24, 2.45) is 4.99 Å². The predicted octanol–water partition coefficient (Wildman–Crippen LogP) is 7.14. The third kappa shape index (κ3) is 3.55. The maximum absolute atomic E-state index is 6.26. The number of hydrogen-bond acceptors (Lipinski definition) is 4. The molecule has 2 heterocycles. The summed E-state index contributed by atoms with van der Waals surface area (Å²) in [4.78, 5) is 9.57. The van der Waals surface area contributed by atoms with Crippen LogP contribution in [0, 0.1) is 0 Å². The van der Waals surface area contributed by atoms with E-state index in [-0.39, 0.29) is 12.1 Å². The Morgan fingerprint density at radius 1 is 0.743 bits per heavy atom. The van der Waals surface area contributed by atoms with Gasteiger partial charge in [-0.3, -0.25) is 4.98 Å². The fourth-order valence-corrected chi connectivity index (χ4v) is 5.12. The Morgan fingerprint density at radius 2 is 1.51 bits per heavy atom. The molecule has 35 heavy (non-hydrogen) atoms. The van der Waals surface area contributed by atoms with Crippen molar-refractivity contribution < 1.29 is 9.47 Å². The molecule has 1 aliphatic carbocycles. The van der Waals surface area contributed by atoms with E-state index in [2.05, 4.69) is 47.4 Å². The van der Waals surface area contributed by atoms with Crippen LogP contribution < -0.4 is 4.74 Å². The van der Waals surface area contributed by atoms with Gasteiger partial charge in [0.2, 0.25) is 5.90 Å². The van der Waals surface area contributed by atoms with Crippen molar-refractivity contribution in [2.75, 3.05) is 0 Å². The van der Waals surface area contributed by atoms with Gasteiger partial charge >= 0.3 is 0 Å². The molecule has 0 saturated heterocycles. The molecule has 0 spiro atoms. The lowest BCUT2D eigenvalue weighted by Crippen LogP contribution is -2.13. The summed E-state index contributed by atoms with van der Waals surface area (Å²) in [6, 6.07) is 34.9. The van der Waals surface area contributed by atoms with Gasteiger partial charge in [0.25, 0.3) is 0 Å². The molecule has 0 fully saturated rings. The standard InChI is InChI=1S/C31H22N2O2/c1-3-13-26-20(7-1)15-16-32-29(26)22-9-5-11-24(17-22)34-25-12-6-10-23(18-25)31-33-30-27-14-4-2-8-21(27)19-28(30)35-31/h1-18,28,30H,19H2/t28-,30+/m0/s1. The van der Waals surface area contributed by atoms with Crippen LogP contribution in [-0.4, -0.2) is 17.0 Å². The molecule has 7 rings (SSSR count). The molecule has 4 nitrogen and oxygen atoms in total. The Bertz CT molecular complexity index is 1600. The van der Waals surface area contributed by atoms with Crippen molar-refractivity contribution in [2.45, 2.75) is 18.6 Å². The van der Waals surface area contributed by atoms with E-state index in [1.165, 1.54) is 16.5 Å². The summed E-state index contributed by atoms with van der Waals surface area (Å²) in [6.07, 6.45) is 2.83. The highest BCUT2D eigenvalue weighted by Crippen LogP contribution is 2.41. The number of fused-ring (bicyclic) bond motifs is 4. The molecule has 0 unspecified atom stereocenters. The van der Waals surface area contributed by atoms with Gasteiger partial charge in [0.05, 0.1) is 5.69 Å². The van der Waals surface area contributed by atoms with Gasteiger partial charge in [-0.05, 0) is 52.9 Å². The summed E-state index contributed by atoms with van der Waals surface area (Å²) < 4.78 is 12.5. The fourth-order valence-electron chi connectivity index (χ4n) is 5.12. The normalized spacial score (nSPS) is 18.0. The first-order valence-corrected chi connectivity index (χ1v) is 11.9. The zero-order valence-electron chi connectivity index (χ0n) is 19.0. The molecule has 5 aromatic rings. The van der Waals surface area contributed by atoms with E-state index in [0.717, 1.165) is 40.1 Å². The molecular formula is C31H22N2O2. The zero-order valence-corrected chi connectivity index (χ0v) is 19.0. The third-order valence-electron chi connectivity index (χ3n) is 6.76. The van der Waals surface area contributed by atoms with Crippen LogP contribution >= 0.6 is 0 Å². The summed E-state index contributed by atoms with van der Waals surface area (Å²) in [6.45, 7) is 0. The Morgan fingerprint density at radius 3 is 2.43 bits per heavy atom. The Hall–Kier alpha value is -4.44. The summed E-state index contributed by atoms with van der Waals surface area (Å²) in [5, 5.41) is 2.29. The molecule has 0 bridgehead atoms. The zero-order chi connectivity index (χ0) is 23.2. The van der Waals surface area contributed by atoms with Gasteiger partial charge in [-0.25, -0.2) is 4.99 Å². The smallest absolute Gasteiger partial charge is 0.217 e. The van der Waals surface area contributed by atoms with Crippen molar-refractivity contribution in [3.8, 4) is 22.8 Å². The highest BCUT2D eigenvalue weighted by molar-refractivity contribution is 5.96. The third-order valence-corrected chi connectivity index (χ3v) is 6.76. The van der Waals surface area contributed by atoms with E-state index in [4.69, 9.17) is 14.5 Å². The number of aliphatic imine (C=N–C) groups is 1. The second-order valence-corrected chi connectivity index (χ2v) is 8.98. The van der Waals surface area contributed by atoms with Crippen LogP contribution in [0.3, 0.4) is 0 Å². The number of aromatic nitrogens is 1. The number of ether oxygens (including phenoxy) is 2. The molecule has 1 aromatic heterocycles. The first kappa shape index (κ1) is 20.0. The lowest BCUT2D eigenvalue weighted by molar-refractivity contribution is 0.206. The second kappa shape index (κ2) is 8.10. The maximum Gasteiger partial charge on any atom is 0.217 e. The Labute approximate surface area is 203 Å². The summed E-state index contributed by atoms with van der Waals surface area (Å²) in [5.74, 6) is 2.19. The van der Waals surface area contributed by atoms with Crippen molar-refractivity contribution in [3.63, 3.8) is 0 Å². The van der Waals surface area contributed by atoms with Crippen LogP contribution in [0.4, 0.5) is 0 Å². The van der Waals surface area contributed by atoms with Crippen molar-refractivity contribution in [1.29, 1.82) is 0 Å². The minimum absolute atomic E-state index is 0.0793. The summed E-state index contributed by atoms with van der Waals surface area (Å²) >= 11 is 0. The number of pyridine rings is 1. The van der Waals surface area contributed by atoms with Gasteiger partial charge in [0.1, 0.15) is 23.6 Å². The SMILES string of the molecule is c1cc(Oc2cccc(-c3nccc4ccccc34)c2)cc(C2=N[C@@H]3c4ccccc4C[C@@H]3O2)c1. The molecule has 0 N–H and O–H groups in total. The molecule has 2 atom stereocenters. The van der Waals surface area contributed by atoms with Gasteiger partial charge in [-0.2, -0.15) is 0 Å². The van der Waals surface area contributed by atoms with Crippen molar-refractivity contribution in [1.82, 2.24) is 4.98 Å². The molecule has 168 valence electrons. The van der Waals surface area contributed by atoms with Crippen LogP contribution in [0.1, 0.15) is 22.7 Å². The van der Waals surface area contributed by atoms with E-state index in [1.54, 1.807) is 0 Å². The lowest BCUT2D eigenvalue weighted by atomic mass is 10.0. The number of rotatable bonds is 4. The number of hydrogen-bond donors (Lipinski definition) is 0. The Kier molecular flexibility index (Phi) is 4.62. The van der Waals surface area contributed by atoms with Crippen LogP contribution in [0.25, 0.3) is 22.0 Å². The quantitative estimate of drug-likeness (QED) is 0.290. The molecule has 4 heteroatoms. The highest BCUT2D eigenvalue weighted by Gasteiger charge is 2.39. The Balaban J connectivity index is 1.17. The molecule has 4 aromatic carbocycles. The molecule has 0 radical (unpaired) electrons. The minimum atomic E-state index is 0.0793. The van der Waals surface area contributed by atoms with E-state index >= 15 is 0 Å². The monoisotopic (exact) mass is 454 g/mol. The average molecular weight is 455 g/mol. The van der Waals surface area contributed by atoms with E-state index < -0.39 is 0 Å². The molecule has 0 amide bonds. The van der Waals surface area contributed by atoms with Gasteiger partial charge in [0, 0.05) is 29.1 Å². The minimum Gasteiger partial charge on any atom is -0.471 e. The molecule has 1 aliphatic heterocycles. The van der Waals surface area contributed by atoms with Crippen LogP contribution in [0.2, 0.25) is 0 Å². The van der Waals surface area contributed by atoms with E-state index in [9.17, 15) is 0 Å². The number of benzene rings is 4. The van der Waals surface area contributed by atoms with Crippen molar-refractivity contribution in [3.05, 3.63) is 126 Å². The van der Waals surface area contributed by atoms with Crippen LogP contribution in [-0.2, 0) is 11.2 Å². The average Bonchev–Trinajstić information content (AvgIpc) is 3.47. The number of nitrogens with zero attached hydrogens (tertiary/aromatic N) is 2. The van der Waals surface area contributed by atoms with Crippen LogP contribution in [0.15, 0.2) is 114 Å². The van der Waals surface area contributed by atoms with Crippen molar-refractivity contribution >= 4 is 16.7 Å². The molecular weight excluding hydrogens is 432 g/mol. The van der Waals surface area contributed by atoms with Gasteiger partial charge < -0.3 is 9.47 Å². The fraction of sp³-hybridized carbons (Fsp3) is 0.0968. The second-order valence-electron chi connectivity index (χ2n) is 8.98. The highest BCUT2D eigenvalue weighted by atomic mass is 16.5. The van der Waals surface area contributed by atoms with Gasteiger partial charge in [-0.15, -0.1) is 0 Å². The van der Waals surface area contributed by atoms with E-state index in [0.29, 0.717) is 5.90 Å². The lowest BCUT2D eigenvalue weighted by Gasteiger charge is -2.11. The first-order valence-electron chi connectivity index (χ1n) is 11.9. The molecule has 2 aliphatic rings. The predicted molar refractivity (Wildman–Crippen MR) is 138 cm³/mol.